The summed E-state index contributed by atoms with van der Waals surface area (Å²) in [6.07, 6.45) is 1.03. The largest absolute Gasteiger partial charge is 0.345 e. The molecule has 0 aliphatic carbocycles. The molecule has 1 nitrogen and oxygen atoms in total. The van der Waals surface area contributed by atoms with Crippen LogP contribution < -0.4 is 4.90 Å². The van der Waals surface area contributed by atoms with Crippen molar-refractivity contribution in [1.82, 2.24) is 0 Å². The van der Waals surface area contributed by atoms with Gasteiger partial charge in [0.15, 0.2) is 0 Å². The second-order valence-electron chi connectivity index (χ2n) is 8.03. The van der Waals surface area contributed by atoms with Crippen LogP contribution in [0.5, 0.6) is 0 Å². The van der Waals surface area contributed by atoms with Crippen LogP contribution in [0.2, 0.25) is 0 Å². The summed E-state index contributed by atoms with van der Waals surface area (Å²) in [5.41, 5.74) is 6.47. The number of hydrogen-bond donors (Lipinski definition) is 0. The maximum Gasteiger partial charge on any atom is 0.0408 e. The van der Waals surface area contributed by atoms with Gasteiger partial charge in [-0.25, -0.2) is 0 Å². The Kier molecular flexibility index (Phi) is 142. The summed E-state index contributed by atoms with van der Waals surface area (Å²) >= 11 is 0. The van der Waals surface area contributed by atoms with Crippen LogP contribution >= 0.6 is 0 Å². The van der Waals surface area contributed by atoms with E-state index in [1.54, 1.807) is 0 Å². The fourth-order valence-corrected chi connectivity index (χ4v) is 3.41. The fraction of sp³-hybridized carbons (Fsp3) is 0.464. The molecule has 0 spiro atoms. The molecule has 0 saturated carbocycles. The van der Waals surface area contributed by atoms with Crippen molar-refractivity contribution in [2.24, 2.45) is 0 Å². The Hall–Kier alpha value is -2.93. The van der Waals surface area contributed by atoms with Crippen molar-refractivity contribution in [3.63, 3.8) is 0 Å². The van der Waals surface area contributed by atoms with E-state index < -0.39 is 0 Å². The van der Waals surface area contributed by atoms with Crippen LogP contribution in [0.15, 0.2) is 152 Å². The molecular weight excluding hydrogens is 789 g/mol. The van der Waals surface area contributed by atoms with Crippen LogP contribution in [0.1, 0.15) is 176 Å². The standard InChI is InChI=1S/C13H13N.C13H12.C7H8.11C2H6.CH4.2V/c1-14(12-8-4-2-5-9-12)13-10-6-3-7-11-13;1-3-7-12(8-4-1)11-13-9-5-2-6-10-13;1-7-5-3-2-4-6-7;11*1-2;;;/h2-11H,1H3;1-10H,11H2;2-6H,1H3;11*1-2H3;1H4;;. The van der Waals surface area contributed by atoms with Gasteiger partial charge < -0.3 is 4.90 Å². The maximum atomic E-state index is 2.17. The van der Waals surface area contributed by atoms with Gasteiger partial charge in [-0.1, -0.05) is 293 Å². The minimum absolute atomic E-state index is 0. The molecule has 2 radical (unpaired) electrons. The minimum atomic E-state index is 0. The molecule has 3 heteroatoms. The van der Waals surface area contributed by atoms with Crippen LogP contribution in [0, 0.1) is 6.92 Å². The Morgan fingerprint density at radius 3 is 0.627 bits per heavy atom. The fourth-order valence-electron chi connectivity index (χ4n) is 3.41. The van der Waals surface area contributed by atoms with Crippen LogP contribution in [-0.2, 0) is 43.5 Å². The molecule has 0 aromatic heterocycles. The van der Waals surface area contributed by atoms with Gasteiger partial charge in [-0.3, -0.25) is 0 Å². The van der Waals surface area contributed by atoms with E-state index in [0.29, 0.717) is 0 Å². The molecule has 0 saturated heterocycles. The van der Waals surface area contributed by atoms with Crippen molar-refractivity contribution in [2.75, 3.05) is 11.9 Å². The zero-order chi connectivity index (χ0) is 45.8. The number of anilines is 2. The second kappa shape index (κ2) is 95.4. The van der Waals surface area contributed by atoms with Crippen molar-refractivity contribution in [1.29, 1.82) is 0 Å². The van der Waals surface area contributed by atoms with Crippen molar-refractivity contribution < 1.29 is 37.1 Å². The van der Waals surface area contributed by atoms with Gasteiger partial charge in [0.1, 0.15) is 0 Å². The third-order valence-electron chi connectivity index (χ3n) is 5.32. The molecule has 0 N–H and O–H groups in total. The van der Waals surface area contributed by atoms with Crippen molar-refractivity contribution in [2.45, 2.75) is 173 Å². The Morgan fingerprint density at radius 2 is 0.458 bits per heavy atom. The smallest absolute Gasteiger partial charge is 0.0408 e. The molecule has 0 bridgehead atoms. The van der Waals surface area contributed by atoms with Crippen molar-refractivity contribution in [3.05, 3.63) is 168 Å². The maximum absolute atomic E-state index is 2.17. The third kappa shape index (κ3) is 64.4. The van der Waals surface area contributed by atoms with E-state index in [4.69, 9.17) is 0 Å². The van der Waals surface area contributed by atoms with Gasteiger partial charge in [0.05, 0.1) is 0 Å². The number of aryl methyl sites for hydroxylation is 1. The second-order valence-corrected chi connectivity index (χ2v) is 8.03. The van der Waals surface area contributed by atoms with Crippen molar-refractivity contribution in [3.8, 4) is 0 Å². The summed E-state index contributed by atoms with van der Waals surface area (Å²) in [5.74, 6) is 0. The van der Waals surface area contributed by atoms with Gasteiger partial charge in [-0.2, -0.15) is 0 Å². The molecule has 59 heavy (non-hydrogen) atoms. The number of nitrogens with zero attached hydrogens (tertiary/aromatic N) is 1. The summed E-state index contributed by atoms with van der Waals surface area (Å²) < 4.78 is 0. The zero-order valence-corrected chi connectivity index (χ0v) is 45.8. The van der Waals surface area contributed by atoms with Gasteiger partial charge in [-0.05, 0) is 48.7 Å². The number of para-hydroxylation sites is 2. The monoisotopic (exact) mass is 892 g/mol. The van der Waals surface area contributed by atoms with Crippen LogP contribution in [-0.4, -0.2) is 7.05 Å². The van der Waals surface area contributed by atoms with E-state index in [9.17, 15) is 0 Å². The van der Waals surface area contributed by atoms with E-state index in [1.807, 2.05) is 183 Å². The first-order valence-electron chi connectivity index (χ1n) is 22.7. The summed E-state index contributed by atoms with van der Waals surface area (Å²) in [5, 5.41) is 0. The summed E-state index contributed by atoms with van der Waals surface area (Å²) in [7, 11) is 2.07. The normalized spacial score (nSPS) is 6.64. The van der Waals surface area contributed by atoms with E-state index in [2.05, 4.69) is 140 Å². The van der Waals surface area contributed by atoms with E-state index in [0.717, 1.165) is 6.42 Å². The Labute approximate surface area is 399 Å². The van der Waals surface area contributed by atoms with Gasteiger partial charge in [0.2, 0.25) is 0 Å². The third-order valence-corrected chi connectivity index (χ3v) is 5.32. The molecule has 0 atom stereocenters. The molecule has 0 unspecified atom stereocenters. The van der Waals surface area contributed by atoms with Gasteiger partial charge >= 0.3 is 0 Å². The number of benzene rings is 5. The predicted molar refractivity (Wildman–Crippen MR) is 279 cm³/mol. The predicted octanol–water partition coefficient (Wildman–Crippen LogP) is 20.6. The van der Waals surface area contributed by atoms with Gasteiger partial charge in [0.25, 0.3) is 0 Å². The first-order chi connectivity index (χ1) is 27.7. The van der Waals surface area contributed by atoms with E-state index in [1.165, 1.54) is 28.1 Å². The molecule has 0 amide bonds. The molecule has 5 aromatic carbocycles. The zero-order valence-electron chi connectivity index (χ0n) is 43.0. The first-order valence-corrected chi connectivity index (χ1v) is 22.7. The quantitative estimate of drug-likeness (QED) is 0.174. The Morgan fingerprint density at radius 1 is 0.288 bits per heavy atom. The molecule has 0 fully saturated rings. The van der Waals surface area contributed by atoms with Gasteiger partial charge in [0, 0.05) is 55.5 Å². The van der Waals surface area contributed by atoms with Crippen LogP contribution in [0.3, 0.4) is 0 Å². The number of rotatable bonds is 4. The first kappa shape index (κ1) is 87.6. The van der Waals surface area contributed by atoms with Crippen molar-refractivity contribution >= 4 is 11.4 Å². The molecule has 0 heterocycles. The topological polar surface area (TPSA) is 3.24 Å². The Balaban J connectivity index is -0.0000000454. The van der Waals surface area contributed by atoms with E-state index in [-0.39, 0.29) is 44.5 Å². The molecule has 5 rings (SSSR count). The average Bonchev–Trinajstić information content (AvgIpc) is 3.35. The molecule has 5 aromatic rings. The van der Waals surface area contributed by atoms with Crippen LogP contribution in [0.4, 0.5) is 11.4 Å². The number of hydrogen-bond acceptors (Lipinski definition) is 1. The summed E-state index contributed by atoms with van der Waals surface area (Å²) in [6.45, 7) is 46.1. The molecule has 0 aliphatic heterocycles. The summed E-state index contributed by atoms with van der Waals surface area (Å²) in [6, 6.07) is 52.0. The van der Waals surface area contributed by atoms with Gasteiger partial charge in [-0.15, -0.1) is 0 Å². The van der Waals surface area contributed by atoms with Crippen LogP contribution in [0.25, 0.3) is 0 Å². The molecule has 0 aliphatic rings. The minimum Gasteiger partial charge on any atom is -0.345 e. The molecule has 342 valence electrons. The SMILES string of the molecule is C.CC.CC.CC.CC.CC.CC.CC.CC.CC.CC.CC.CN(c1ccccc1)c1ccccc1.Cc1ccccc1.[V].[V].c1ccc(Cc2ccccc2)cc1. The average molecular weight is 892 g/mol. The molecular formula is C56H103NV2. The summed E-state index contributed by atoms with van der Waals surface area (Å²) in [4.78, 5) is 2.17. The Bertz CT molecular complexity index is 1090. The van der Waals surface area contributed by atoms with E-state index >= 15 is 0 Å².